The fraction of sp³-hybridized carbons (Fsp3) is 0.875. The summed E-state index contributed by atoms with van der Waals surface area (Å²) in [5.74, 6) is -0.253. The number of carbonyl (C=O) groups is 2. The summed E-state index contributed by atoms with van der Waals surface area (Å²) in [7, 11) is 0. The van der Waals surface area contributed by atoms with Crippen molar-refractivity contribution in [3.8, 4) is 0 Å². The van der Waals surface area contributed by atoms with Crippen molar-refractivity contribution in [2.45, 2.75) is 77.3 Å². The van der Waals surface area contributed by atoms with Crippen LogP contribution in [0, 0.1) is 11.3 Å². The van der Waals surface area contributed by atoms with E-state index in [-0.39, 0.29) is 11.5 Å². The molecule has 2 rings (SSSR count). The predicted molar refractivity (Wildman–Crippen MR) is 77.3 cm³/mol. The normalized spacial score (nSPS) is 30.9. The first-order valence-corrected chi connectivity index (χ1v) is 7.84. The molecule has 1 N–H and O–H groups in total. The van der Waals surface area contributed by atoms with Gasteiger partial charge in [-0.15, -0.1) is 0 Å². The van der Waals surface area contributed by atoms with Crippen molar-refractivity contribution in [1.82, 2.24) is 4.90 Å². The van der Waals surface area contributed by atoms with Crippen LogP contribution in [0.4, 0.5) is 0 Å². The van der Waals surface area contributed by atoms with Crippen LogP contribution in [-0.2, 0) is 9.59 Å². The number of carbonyl (C=O) groups excluding carboxylic acids is 1. The van der Waals surface area contributed by atoms with Crippen molar-refractivity contribution in [1.29, 1.82) is 0 Å². The maximum absolute atomic E-state index is 11.8. The molecule has 0 aromatic rings. The molecule has 1 amide bonds. The minimum absolute atomic E-state index is 0.166. The maximum Gasteiger partial charge on any atom is 0.329 e. The SMILES string of the molecule is CCC(C)(C)C1CCC(C(=O)O)(N(C=O)C2CC2)CC1. The summed E-state index contributed by atoms with van der Waals surface area (Å²) in [6.07, 6.45) is 6.82. The van der Waals surface area contributed by atoms with Crippen LogP contribution in [0.1, 0.15) is 65.7 Å². The molecular formula is C16H27NO3. The number of amides is 1. The highest BCUT2D eigenvalue weighted by Crippen LogP contribution is 2.47. The molecule has 4 nitrogen and oxygen atoms in total. The van der Waals surface area contributed by atoms with Gasteiger partial charge in [-0.3, -0.25) is 4.79 Å². The third-order valence-corrected chi connectivity index (χ3v) is 5.78. The van der Waals surface area contributed by atoms with Gasteiger partial charge in [-0.25, -0.2) is 4.79 Å². The molecule has 20 heavy (non-hydrogen) atoms. The number of carboxylic acid groups (broad SMARTS) is 1. The van der Waals surface area contributed by atoms with E-state index in [1.807, 2.05) is 0 Å². The van der Waals surface area contributed by atoms with Gasteiger partial charge in [0, 0.05) is 6.04 Å². The number of hydrogen-bond acceptors (Lipinski definition) is 2. The highest BCUT2D eigenvalue weighted by Gasteiger charge is 2.52. The molecule has 4 heteroatoms. The summed E-state index contributed by atoms with van der Waals surface area (Å²) < 4.78 is 0. The summed E-state index contributed by atoms with van der Waals surface area (Å²) in [4.78, 5) is 24.8. The quantitative estimate of drug-likeness (QED) is 0.761. The van der Waals surface area contributed by atoms with Gasteiger partial charge in [0.2, 0.25) is 6.41 Å². The Kier molecular flexibility index (Phi) is 4.12. The van der Waals surface area contributed by atoms with E-state index in [0.29, 0.717) is 18.8 Å². The van der Waals surface area contributed by atoms with Gasteiger partial charge in [0.15, 0.2) is 0 Å². The first kappa shape index (κ1) is 15.3. The second-order valence-electron chi connectivity index (χ2n) is 7.20. The third-order valence-electron chi connectivity index (χ3n) is 5.78. The van der Waals surface area contributed by atoms with E-state index in [1.54, 1.807) is 4.90 Å². The van der Waals surface area contributed by atoms with Crippen molar-refractivity contribution in [2.75, 3.05) is 0 Å². The molecule has 0 radical (unpaired) electrons. The van der Waals surface area contributed by atoms with Crippen molar-refractivity contribution >= 4 is 12.4 Å². The molecule has 0 spiro atoms. The molecule has 0 saturated heterocycles. The molecule has 0 heterocycles. The molecule has 2 aliphatic carbocycles. The Balaban J connectivity index is 2.14. The lowest BCUT2D eigenvalue weighted by Gasteiger charge is -2.46. The number of carboxylic acids is 1. The van der Waals surface area contributed by atoms with Crippen LogP contribution in [-0.4, -0.2) is 34.0 Å². The van der Waals surface area contributed by atoms with Gasteiger partial charge < -0.3 is 10.0 Å². The third kappa shape index (κ3) is 2.57. The molecular weight excluding hydrogens is 254 g/mol. The molecule has 2 saturated carbocycles. The Morgan fingerprint density at radius 3 is 2.20 bits per heavy atom. The van der Waals surface area contributed by atoms with Gasteiger partial charge in [-0.2, -0.15) is 0 Å². The zero-order chi connectivity index (χ0) is 15.0. The first-order chi connectivity index (χ1) is 9.37. The van der Waals surface area contributed by atoms with Crippen LogP contribution in [0.5, 0.6) is 0 Å². The van der Waals surface area contributed by atoms with Gasteiger partial charge >= 0.3 is 5.97 Å². The molecule has 114 valence electrons. The number of nitrogens with zero attached hydrogens (tertiary/aromatic N) is 1. The van der Waals surface area contributed by atoms with E-state index in [4.69, 9.17) is 0 Å². The fourth-order valence-corrected chi connectivity index (χ4v) is 3.64. The van der Waals surface area contributed by atoms with Gasteiger partial charge in [0.05, 0.1) is 0 Å². The van der Waals surface area contributed by atoms with Crippen molar-refractivity contribution in [2.24, 2.45) is 11.3 Å². The second-order valence-corrected chi connectivity index (χ2v) is 7.20. The van der Waals surface area contributed by atoms with Gasteiger partial charge in [-0.1, -0.05) is 27.2 Å². The van der Waals surface area contributed by atoms with Crippen LogP contribution < -0.4 is 0 Å². The Morgan fingerprint density at radius 1 is 1.30 bits per heavy atom. The smallest absolute Gasteiger partial charge is 0.329 e. The molecule has 0 aromatic carbocycles. The molecule has 0 bridgehead atoms. The van der Waals surface area contributed by atoms with Crippen LogP contribution in [0.2, 0.25) is 0 Å². The monoisotopic (exact) mass is 281 g/mol. The summed E-state index contributed by atoms with van der Waals surface area (Å²) in [5.41, 5.74) is -0.681. The Morgan fingerprint density at radius 2 is 1.85 bits per heavy atom. The average molecular weight is 281 g/mol. The number of hydrogen-bond donors (Lipinski definition) is 1. The molecule has 0 unspecified atom stereocenters. The van der Waals surface area contributed by atoms with E-state index in [9.17, 15) is 14.7 Å². The highest BCUT2D eigenvalue weighted by molar-refractivity contribution is 5.82. The lowest BCUT2D eigenvalue weighted by atomic mass is 9.65. The Hall–Kier alpha value is -1.06. The number of rotatable bonds is 6. The summed E-state index contributed by atoms with van der Waals surface area (Å²) in [5, 5.41) is 9.71. The van der Waals surface area contributed by atoms with Crippen LogP contribution in [0.3, 0.4) is 0 Å². The maximum atomic E-state index is 11.8. The van der Waals surface area contributed by atoms with Gasteiger partial charge in [0.1, 0.15) is 5.54 Å². The standard InChI is InChI=1S/C16H27NO3/c1-4-15(2,3)12-7-9-16(10-8-12,14(19)20)17(11-18)13-5-6-13/h11-13H,4-10H2,1-3H3,(H,19,20). The fourth-order valence-electron chi connectivity index (χ4n) is 3.64. The number of aliphatic carboxylic acids is 1. The minimum atomic E-state index is -0.941. The van der Waals surface area contributed by atoms with E-state index in [1.165, 1.54) is 0 Å². The molecule has 2 aliphatic rings. The van der Waals surface area contributed by atoms with Crippen molar-refractivity contribution < 1.29 is 14.7 Å². The largest absolute Gasteiger partial charge is 0.479 e. The van der Waals surface area contributed by atoms with Gasteiger partial charge in [0.25, 0.3) is 0 Å². The van der Waals surface area contributed by atoms with Gasteiger partial charge in [-0.05, 0) is 49.9 Å². The van der Waals surface area contributed by atoms with Crippen LogP contribution in [0.15, 0.2) is 0 Å². The topological polar surface area (TPSA) is 57.6 Å². The minimum Gasteiger partial charge on any atom is -0.479 e. The highest BCUT2D eigenvalue weighted by atomic mass is 16.4. The van der Waals surface area contributed by atoms with Crippen molar-refractivity contribution in [3.63, 3.8) is 0 Å². The lowest BCUT2D eigenvalue weighted by molar-refractivity contribution is -0.160. The predicted octanol–water partition coefficient (Wildman–Crippen LogP) is 3.06. The second kappa shape index (κ2) is 5.38. The Labute approximate surface area is 121 Å². The van der Waals surface area contributed by atoms with Crippen molar-refractivity contribution in [3.05, 3.63) is 0 Å². The average Bonchev–Trinajstić information content (AvgIpc) is 3.24. The van der Waals surface area contributed by atoms with Crippen LogP contribution in [0.25, 0.3) is 0 Å². The Bertz CT molecular complexity index is 379. The zero-order valence-corrected chi connectivity index (χ0v) is 12.9. The van der Waals surface area contributed by atoms with E-state index >= 15 is 0 Å². The summed E-state index contributed by atoms with van der Waals surface area (Å²) in [6.45, 7) is 6.73. The van der Waals surface area contributed by atoms with Crippen LogP contribution >= 0.6 is 0 Å². The molecule has 0 aromatic heterocycles. The molecule has 2 fully saturated rings. The lowest BCUT2D eigenvalue weighted by Crippen LogP contribution is -2.57. The molecule has 0 atom stereocenters. The summed E-state index contributed by atoms with van der Waals surface area (Å²) >= 11 is 0. The van der Waals surface area contributed by atoms with E-state index < -0.39 is 11.5 Å². The van der Waals surface area contributed by atoms with E-state index in [2.05, 4.69) is 20.8 Å². The molecule has 0 aliphatic heterocycles. The zero-order valence-electron chi connectivity index (χ0n) is 12.9. The summed E-state index contributed by atoms with van der Waals surface area (Å²) in [6, 6.07) is 0.166. The van der Waals surface area contributed by atoms with E-state index in [0.717, 1.165) is 38.5 Å². The first-order valence-electron chi connectivity index (χ1n) is 7.84.